The van der Waals surface area contributed by atoms with Gasteiger partial charge in [0.15, 0.2) is 0 Å². The van der Waals surface area contributed by atoms with E-state index in [0.717, 1.165) is 5.56 Å². The van der Waals surface area contributed by atoms with Crippen LogP contribution in [0.2, 0.25) is 0 Å². The molecular weight excluding hydrogens is 244 g/mol. The Labute approximate surface area is 112 Å². The number of nitrogens with zero attached hydrogens (tertiary/aromatic N) is 1. The first-order valence-electron chi connectivity index (χ1n) is 6.40. The second-order valence-corrected chi connectivity index (χ2v) is 4.78. The first-order chi connectivity index (χ1) is 9.09. The fourth-order valence-electron chi connectivity index (χ4n) is 2.44. The summed E-state index contributed by atoms with van der Waals surface area (Å²) < 4.78 is 0. The molecule has 1 saturated heterocycles. The van der Waals surface area contributed by atoms with E-state index < -0.39 is 18.1 Å². The van der Waals surface area contributed by atoms with E-state index in [9.17, 15) is 14.7 Å². The lowest BCUT2D eigenvalue weighted by Crippen LogP contribution is -2.48. The van der Waals surface area contributed by atoms with E-state index in [1.165, 1.54) is 4.90 Å². The summed E-state index contributed by atoms with van der Waals surface area (Å²) in [4.78, 5) is 24.8. The topological polar surface area (TPSA) is 83.6 Å². The van der Waals surface area contributed by atoms with Gasteiger partial charge in [0.25, 0.3) is 0 Å². The van der Waals surface area contributed by atoms with Crippen molar-refractivity contribution in [3.63, 3.8) is 0 Å². The molecule has 0 spiro atoms. The van der Waals surface area contributed by atoms with Gasteiger partial charge in [-0.05, 0) is 18.4 Å². The molecule has 0 bridgehead atoms. The minimum atomic E-state index is -0.872. The number of nitrogens with two attached hydrogens (primary N) is 1. The largest absolute Gasteiger partial charge is 0.390 e. The van der Waals surface area contributed by atoms with Crippen molar-refractivity contribution < 1.29 is 14.7 Å². The number of hydrogen-bond acceptors (Lipinski definition) is 3. The highest BCUT2D eigenvalue weighted by molar-refractivity contribution is 5.87. The monoisotopic (exact) mass is 262 g/mol. The molecule has 102 valence electrons. The summed E-state index contributed by atoms with van der Waals surface area (Å²) in [5.74, 6) is -0.776. The molecule has 0 aliphatic carbocycles. The van der Waals surface area contributed by atoms with Crippen molar-refractivity contribution in [2.24, 2.45) is 5.73 Å². The van der Waals surface area contributed by atoms with Gasteiger partial charge in [0.05, 0.1) is 6.10 Å². The zero-order valence-electron chi connectivity index (χ0n) is 10.7. The summed E-state index contributed by atoms with van der Waals surface area (Å²) in [7, 11) is 0. The zero-order chi connectivity index (χ0) is 13.8. The molecule has 1 fully saturated rings. The fourth-order valence-corrected chi connectivity index (χ4v) is 2.44. The predicted molar refractivity (Wildman–Crippen MR) is 70.1 cm³/mol. The van der Waals surface area contributed by atoms with E-state index >= 15 is 0 Å². The van der Waals surface area contributed by atoms with E-state index in [2.05, 4.69) is 0 Å². The van der Waals surface area contributed by atoms with E-state index in [1.807, 2.05) is 30.3 Å². The molecule has 0 radical (unpaired) electrons. The molecule has 2 unspecified atom stereocenters. The molecule has 3 N–H and O–H groups in total. The summed E-state index contributed by atoms with van der Waals surface area (Å²) in [6, 6.07) is 8.81. The van der Waals surface area contributed by atoms with Gasteiger partial charge in [0, 0.05) is 13.0 Å². The molecule has 2 amide bonds. The molecule has 1 aromatic rings. The van der Waals surface area contributed by atoms with Crippen LogP contribution in [0.1, 0.15) is 18.4 Å². The summed E-state index contributed by atoms with van der Waals surface area (Å²) in [6.45, 7) is 0.391. The number of likely N-dealkylation sites (tertiary alicyclic amines) is 1. The average Bonchev–Trinajstić information content (AvgIpc) is 2.79. The Kier molecular flexibility index (Phi) is 4.16. The van der Waals surface area contributed by atoms with Crippen molar-refractivity contribution in [1.82, 2.24) is 4.90 Å². The van der Waals surface area contributed by atoms with Crippen molar-refractivity contribution >= 4 is 11.8 Å². The van der Waals surface area contributed by atoms with Crippen molar-refractivity contribution in [2.75, 3.05) is 6.54 Å². The van der Waals surface area contributed by atoms with Crippen molar-refractivity contribution in [2.45, 2.75) is 31.4 Å². The highest BCUT2D eigenvalue weighted by atomic mass is 16.3. The van der Waals surface area contributed by atoms with Gasteiger partial charge < -0.3 is 15.7 Å². The first-order valence-corrected chi connectivity index (χ1v) is 6.40. The molecule has 5 heteroatoms. The van der Waals surface area contributed by atoms with Crippen molar-refractivity contribution in [3.8, 4) is 0 Å². The predicted octanol–water partition coefficient (Wildman–Crippen LogP) is 0.0663. The number of primary amides is 1. The molecule has 0 aromatic heterocycles. The Morgan fingerprint density at radius 2 is 2.00 bits per heavy atom. The van der Waals surface area contributed by atoms with Crippen LogP contribution < -0.4 is 5.73 Å². The van der Waals surface area contributed by atoms with Gasteiger partial charge in [-0.3, -0.25) is 9.59 Å². The number of hydrogen-bond donors (Lipinski definition) is 2. The summed E-state index contributed by atoms with van der Waals surface area (Å²) >= 11 is 0. The lowest BCUT2D eigenvalue weighted by atomic mass is 10.1. The van der Waals surface area contributed by atoms with Gasteiger partial charge in [-0.25, -0.2) is 0 Å². The Hall–Kier alpha value is -1.88. The number of amides is 2. The standard InChI is InChI=1S/C14H18N2O3/c15-14(19)13-11(17)8-9-16(13)12(18)7-6-10-4-2-1-3-5-10/h1-5,11,13,17H,6-9H2,(H2,15,19). The molecule has 1 aliphatic heterocycles. The van der Waals surface area contributed by atoms with Crippen LogP contribution in [0.15, 0.2) is 30.3 Å². The van der Waals surface area contributed by atoms with Crippen molar-refractivity contribution in [1.29, 1.82) is 0 Å². The SMILES string of the molecule is NC(=O)C1C(O)CCN1C(=O)CCc1ccccc1. The van der Waals surface area contributed by atoms with E-state index in [4.69, 9.17) is 5.73 Å². The van der Waals surface area contributed by atoms with Gasteiger partial charge in [-0.1, -0.05) is 30.3 Å². The van der Waals surface area contributed by atoms with Crippen LogP contribution in [0.25, 0.3) is 0 Å². The maximum absolute atomic E-state index is 12.1. The number of aliphatic hydroxyl groups is 1. The number of aryl methyl sites for hydroxylation is 1. The quantitative estimate of drug-likeness (QED) is 0.805. The summed E-state index contributed by atoms with van der Waals surface area (Å²) in [6.07, 6.45) is 0.515. The Balaban J connectivity index is 1.95. The maximum atomic E-state index is 12.1. The second kappa shape index (κ2) is 5.84. The molecular formula is C14H18N2O3. The van der Waals surface area contributed by atoms with Gasteiger partial charge >= 0.3 is 0 Å². The van der Waals surface area contributed by atoms with E-state index in [-0.39, 0.29) is 5.91 Å². The minimum Gasteiger partial charge on any atom is -0.390 e. The summed E-state index contributed by atoms with van der Waals surface area (Å²) in [5.41, 5.74) is 6.31. The number of rotatable bonds is 4. The number of benzene rings is 1. The molecule has 0 saturated carbocycles. The zero-order valence-corrected chi connectivity index (χ0v) is 10.7. The third-order valence-electron chi connectivity index (χ3n) is 3.45. The van der Waals surface area contributed by atoms with Crippen LogP contribution in [-0.2, 0) is 16.0 Å². The lowest BCUT2D eigenvalue weighted by molar-refractivity contribution is -0.139. The molecule has 2 atom stereocenters. The van der Waals surface area contributed by atoms with Crippen LogP contribution >= 0.6 is 0 Å². The minimum absolute atomic E-state index is 0.135. The number of carbonyl (C=O) groups excluding carboxylic acids is 2. The Morgan fingerprint density at radius 1 is 1.32 bits per heavy atom. The lowest BCUT2D eigenvalue weighted by Gasteiger charge is -2.23. The molecule has 1 aromatic carbocycles. The third kappa shape index (κ3) is 3.12. The van der Waals surface area contributed by atoms with Crippen molar-refractivity contribution in [3.05, 3.63) is 35.9 Å². The van der Waals surface area contributed by atoms with E-state index in [0.29, 0.717) is 25.8 Å². The second-order valence-electron chi connectivity index (χ2n) is 4.78. The Bertz CT molecular complexity index is 461. The maximum Gasteiger partial charge on any atom is 0.242 e. The molecule has 5 nitrogen and oxygen atoms in total. The van der Waals surface area contributed by atoms with Crippen LogP contribution in [0.5, 0.6) is 0 Å². The summed E-state index contributed by atoms with van der Waals surface area (Å²) in [5, 5.41) is 9.67. The highest BCUT2D eigenvalue weighted by Crippen LogP contribution is 2.19. The van der Waals surface area contributed by atoms with E-state index in [1.54, 1.807) is 0 Å². The molecule has 19 heavy (non-hydrogen) atoms. The smallest absolute Gasteiger partial charge is 0.242 e. The van der Waals surface area contributed by atoms with Crippen LogP contribution in [0.4, 0.5) is 0 Å². The Morgan fingerprint density at radius 3 is 2.63 bits per heavy atom. The fraction of sp³-hybridized carbons (Fsp3) is 0.429. The molecule has 1 aliphatic rings. The normalized spacial score (nSPS) is 22.5. The number of carbonyl (C=O) groups is 2. The average molecular weight is 262 g/mol. The van der Waals surface area contributed by atoms with Crippen LogP contribution in [0, 0.1) is 0 Å². The molecule has 1 heterocycles. The van der Waals surface area contributed by atoms with Gasteiger partial charge in [-0.15, -0.1) is 0 Å². The highest BCUT2D eigenvalue weighted by Gasteiger charge is 2.39. The van der Waals surface area contributed by atoms with Gasteiger partial charge in [0.1, 0.15) is 6.04 Å². The van der Waals surface area contributed by atoms with Crippen LogP contribution in [0.3, 0.4) is 0 Å². The third-order valence-corrected chi connectivity index (χ3v) is 3.45. The first kappa shape index (κ1) is 13.5. The van der Waals surface area contributed by atoms with Gasteiger partial charge in [0.2, 0.25) is 11.8 Å². The van der Waals surface area contributed by atoms with Gasteiger partial charge in [-0.2, -0.15) is 0 Å². The van der Waals surface area contributed by atoms with Crippen LogP contribution in [-0.4, -0.2) is 40.5 Å². The number of aliphatic hydroxyl groups excluding tert-OH is 1. The molecule has 2 rings (SSSR count).